The zero-order valence-electron chi connectivity index (χ0n) is 11.3. The predicted octanol–water partition coefficient (Wildman–Crippen LogP) is 5.44. The van der Waals surface area contributed by atoms with Crippen LogP contribution in [0.25, 0.3) is 0 Å². The van der Waals surface area contributed by atoms with Gasteiger partial charge in [0.15, 0.2) is 0 Å². The Labute approximate surface area is 95.5 Å². The fourth-order valence-corrected chi connectivity index (χ4v) is 0. The molecular formula is C11H37BP. The first-order chi connectivity index (χ1) is 5.00. The SMILES string of the molecule is C.CC.CC.CC.CC.CC.P.[B]. The lowest BCUT2D eigenvalue weighted by atomic mass is 10.8. The lowest BCUT2D eigenvalue weighted by Crippen LogP contribution is -0.856. The van der Waals surface area contributed by atoms with Crippen molar-refractivity contribution in [2.45, 2.75) is 76.7 Å². The number of rotatable bonds is 0. The zero-order chi connectivity index (χ0) is 10.0. The van der Waals surface area contributed by atoms with E-state index in [1.165, 1.54) is 0 Å². The van der Waals surface area contributed by atoms with Gasteiger partial charge in [-0.15, -0.1) is 0 Å². The van der Waals surface area contributed by atoms with Crippen LogP contribution in [0.2, 0.25) is 0 Å². The monoisotopic (exact) mass is 211 g/mol. The predicted molar refractivity (Wildman–Crippen MR) is 80.3 cm³/mol. The van der Waals surface area contributed by atoms with Gasteiger partial charge < -0.3 is 0 Å². The molecule has 89 valence electrons. The van der Waals surface area contributed by atoms with E-state index in [1.54, 1.807) is 0 Å². The van der Waals surface area contributed by atoms with Gasteiger partial charge in [-0.3, -0.25) is 0 Å². The minimum Gasteiger partial charge on any atom is -0.153 e. The molecular weight excluding hydrogens is 174 g/mol. The average molecular weight is 211 g/mol. The van der Waals surface area contributed by atoms with Crippen molar-refractivity contribution < 1.29 is 0 Å². The van der Waals surface area contributed by atoms with E-state index in [-0.39, 0.29) is 25.7 Å². The molecule has 0 spiro atoms. The van der Waals surface area contributed by atoms with E-state index >= 15 is 0 Å². The van der Waals surface area contributed by atoms with Gasteiger partial charge in [-0.05, 0) is 0 Å². The number of hydrogen-bond acceptors (Lipinski definition) is 0. The van der Waals surface area contributed by atoms with Crippen LogP contribution in [0.1, 0.15) is 76.7 Å². The summed E-state index contributed by atoms with van der Waals surface area (Å²) in [6.07, 6.45) is 0. The van der Waals surface area contributed by atoms with Crippen molar-refractivity contribution in [3.05, 3.63) is 0 Å². The molecule has 0 bridgehead atoms. The highest BCUT2D eigenvalue weighted by atomic mass is 31.0. The molecule has 0 aliphatic heterocycles. The summed E-state index contributed by atoms with van der Waals surface area (Å²) < 4.78 is 0. The van der Waals surface area contributed by atoms with Gasteiger partial charge in [0.25, 0.3) is 0 Å². The Kier molecular flexibility index (Phi) is 36200. The van der Waals surface area contributed by atoms with Gasteiger partial charge in [-0.1, -0.05) is 76.7 Å². The second-order valence-corrected chi connectivity index (χ2v) is 0. The maximum absolute atomic E-state index is 2.00. The second kappa shape index (κ2) is 6740. The normalized spacial score (nSPS) is 2.31. The Morgan fingerprint density at radius 2 is 0.385 bits per heavy atom. The molecule has 0 amide bonds. The molecule has 0 aromatic carbocycles. The fourth-order valence-electron chi connectivity index (χ4n) is 0. The van der Waals surface area contributed by atoms with E-state index in [1.807, 2.05) is 69.2 Å². The third kappa shape index (κ3) is 5620. The summed E-state index contributed by atoms with van der Waals surface area (Å²) in [5.74, 6) is 0. The molecule has 0 saturated heterocycles. The average Bonchev–Trinajstić information content (AvgIpc) is 2.20. The highest BCUT2D eigenvalue weighted by Gasteiger charge is 0.940. The number of hydrogen-bond donors (Lipinski definition) is 0. The standard InChI is InChI=1S/5C2H6.CH4.B.H3P/c5*1-2;;;/h5*1-2H3;1H4;;1H3. The van der Waals surface area contributed by atoms with Crippen LogP contribution in [-0.2, 0) is 0 Å². The Balaban J connectivity index is -0.00000000379. The van der Waals surface area contributed by atoms with Gasteiger partial charge in [0.1, 0.15) is 0 Å². The lowest BCUT2D eigenvalue weighted by molar-refractivity contribution is 1.50. The lowest BCUT2D eigenvalue weighted by Gasteiger charge is -1.07. The van der Waals surface area contributed by atoms with Gasteiger partial charge in [0, 0.05) is 8.41 Å². The molecule has 2 heteroatoms. The second-order valence-electron chi connectivity index (χ2n) is 0. The van der Waals surface area contributed by atoms with Crippen LogP contribution in [0.5, 0.6) is 0 Å². The van der Waals surface area contributed by atoms with E-state index in [4.69, 9.17) is 0 Å². The Morgan fingerprint density at radius 1 is 0.385 bits per heavy atom. The van der Waals surface area contributed by atoms with Crippen molar-refractivity contribution >= 4 is 18.3 Å². The van der Waals surface area contributed by atoms with Crippen LogP contribution in [-0.4, -0.2) is 8.41 Å². The molecule has 3 radical (unpaired) electrons. The van der Waals surface area contributed by atoms with Crippen molar-refractivity contribution in [3.63, 3.8) is 0 Å². The maximum Gasteiger partial charge on any atom is 0 e. The maximum atomic E-state index is 2.00. The van der Waals surface area contributed by atoms with Crippen LogP contribution in [0, 0.1) is 0 Å². The van der Waals surface area contributed by atoms with E-state index in [0.717, 1.165) is 0 Å². The summed E-state index contributed by atoms with van der Waals surface area (Å²) in [5.41, 5.74) is 0. The summed E-state index contributed by atoms with van der Waals surface area (Å²) in [6, 6.07) is 0. The van der Waals surface area contributed by atoms with Crippen molar-refractivity contribution in [3.8, 4) is 0 Å². The third-order valence-corrected chi connectivity index (χ3v) is 0. The molecule has 0 rings (SSSR count). The van der Waals surface area contributed by atoms with Crippen LogP contribution in [0.4, 0.5) is 0 Å². The molecule has 0 aromatic heterocycles. The first kappa shape index (κ1) is 69.8. The summed E-state index contributed by atoms with van der Waals surface area (Å²) in [7, 11) is 0. The zero-order valence-corrected chi connectivity index (χ0v) is 12.7. The fraction of sp³-hybridized carbons (Fsp3) is 1.00. The third-order valence-electron chi connectivity index (χ3n) is 0. The Hall–Kier alpha value is 0.495. The Bertz CT molecular complexity index is 10.1. The van der Waals surface area contributed by atoms with Crippen LogP contribution < -0.4 is 0 Å². The molecule has 0 nitrogen and oxygen atoms in total. The molecule has 1 unspecified atom stereocenters. The molecule has 0 fully saturated rings. The van der Waals surface area contributed by atoms with Crippen LogP contribution >= 0.6 is 9.90 Å². The minimum absolute atomic E-state index is 0. The smallest absolute Gasteiger partial charge is 0 e. The molecule has 0 saturated carbocycles. The van der Waals surface area contributed by atoms with Gasteiger partial charge in [-0.2, -0.15) is 9.90 Å². The van der Waals surface area contributed by atoms with Gasteiger partial charge in [-0.25, -0.2) is 0 Å². The molecule has 0 heterocycles. The van der Waals surface area contributed by atoms with Gasteiger partial charge in [0.05, 0.1) is 0 Å². The topological polar surface area (TPSA) is 0 Å². The van der Waals surface area contributed by atoms with E-state index in [0.29, 0.717) is 0 Å². The summed E-state index contributed by atoms with van der Waals surface area (Å²) in [6.45, 7) is 20.0. The van der Waals surface area contributed by atoms with Crippen molar-refractivity contribution in [1.29, 1.82) is 0 Å². The first-order valence-corrected chi connectivity index (χ1v) is 5.00. The minimum atomic E-state index is 0. The van der Waals surface area contributed by atoms with E-state index < -0.39 is 0 Å². The van der Waals surface area contributed by atoms with Crippen molar-refractivity contribution in [2.75, 3.05) is 0 Å². The molecule has 0 aromatic rings. The van der Waals surface area contributed by atoms with Crippen molar-refractivity contribution in [1.82, 2.24) is 0 Å². The molecule has 1 atom stereocenters. The summed E-state index contributed by atoms with van der Waals surface area (Å²) >= 11 is 0. The largest absolute Gasteiger partial charge is 0.153 e. The molecule has 13 heavy (non-hydrogen) atoms. The van der Waals surface area contributed by atoms with E-state index in [2.05, 4.69) is 0 Å². The summed E-state index contributed by atoms with van der Waals surface area (Å²) in [5, 5.41) is 0. The van der Waals surface area contributed by atoms with Crippen LogP contribution in [0.15, 0.2) is 0 Å². The highest BCUT2D eigenvalue weighted by Crippen LogP contribution is 1.15. The Morgan fingerprint density at radius 3 is 0.385 bits per heavy atom. The van der Waals surface area contributed by atoms with Gasteiger partial charge in [0.2, 0.25) is 0 Å². The van der Waals surface area contributed by atoms with E-state index in [9.17, 15) is 0 Å². The summed E-state index contributed by atoms with van der Waals surface area (Å²) in [4.78, 5) is 0. The quantitative estimate of drug-likeness (QED) is 0.369. The van der Waals surface area contributed by atoms with Crippen molar-refractivity contribution in [2.24, 2.45) is 0 Å². The van der Waals surface area contributed by atoms with Crippen LogP contribution in [0.3, 0.4) is 0 Å². The molecule has 0 aliphatic carbocycles. The first-order valence-electron chi connectivity index (χ1n) is 5.00. The molecule has 0 N–H and O–H groups in total. The highest BCUT2D eigenvalue weighted by molar-refractivity contribution is 6.92. The van der Waals surface area contributed by atoms with Gasteiger partial charge >= 0.3 is 0 Å². The molecule has 0 aliphatic rings.